The first-order valence-electron chi connectivity index (χ1n) is 10.6. The molecule has 170 valence electrons. The highest BCUT2D eigenvalue weighted by Crippen LogP contribution is 2.42. The van der Waals surface area contributed by atoms with Gasteiger partial charge in [-0.05, 0) is 66.8 Å². The Bertz CT molecular complexity index is 950. The van der Waals surface area contributed by atoms with Gasteiger partial charge in [-0.2, -0.15) is 0 Å². The molecule has 0 saturated carbocycles. The van der Waals surface area contributed by atoms with Crippen LogP contribution in [-0.2, 0) is 19.3 Å². The van der Waals surface area contributed by atoms with Gasteiger partial charge in [-0.1, -0.05) is 25.4 Å². The first kappa shape index (κ1) is 24.1. The Hall–Kier alpha value is -1.60. The Balaban J connectivity index is 1.72. The Kier molecular flexibility index (Phi) is 7.68. The zero-order valence-electron chi connectivity index (χ0n) is 18.6. The molecule has 1 aliphatic rings. The molecule has 5 nitrogen and oxygen atoms in total. The van der Waals surface area contributed by atoms with Crippen LogP contribution in [0.15, 0.2) is 12.1 Å². The molecule has 0 aliphatic heterocycles. The summed E-state index contributed by atoms with van der Waals surface area (Å²) < 4.78 is 10.9. The lowest BCUT2D eigenvalue weighted by Crippen LogP contribution is -2.22. The molecule has 0 saturated heterocycles. The lowest BCUT2D eigenvalue weighted by molar-refractivity contribution is 0.0527. The fourth-order valence-corrected chi connectivity index (χ4v) is 5.52. The van der Waals surface area contributed by atoms with Gasteiger partial charge >= 0.3 is 0 Å². The van der Waals surface area contributed by atoms with Crippen molar-refractivity contribution in [1.82, 2.24) is 0 Å². The van der Waals surface area contributed by atoms with Gasteiger partial charge in [0.05, 0.1) is 23.6 Å². The minimum Gasteiger partial charge on any atom is -0.493 e. The highest BCUT2D eigenvalue weighted by Gasteiger charge is 2.31. The van der Waals surface area contributed by atoms with Crippen LogP contribution in [0.3, 0.4) is 0 Å². The Morgan fingerprint density at radius 1 is 1.32 bits per heavy atom. The third kappa shape index (κ3) is 5.61. The summed E-state index contributed by atoms with van der Waals surface area (Å²) in [6, 6.07) is 3.56. The fraction of sp³-hybridized carbons (Fsp3) is 0.542. The van der Waals surface area contributed by atoms with Crippen molar-refractivity contribution >= 4 is 28.7 Å². The van der Waals surface area contributed by atoms with Crippen LogP contribution in [0.1, 0.15) is 57.9 Å². The van der Waals surface area contributed by atoms with E-state index in [2.05, 4.69) is 20.8 Å². The Labute approximate surface area is 193 Å². The quantitative estimate of drug-likeness (QED) is 0.520. The minimum atomic E-state index is -0.996. The molecule has 2 aromatic rings. The third-order valence-corrected chi connectivity index (χ3v) is 7.35. The average Bonchev–Trinajstić information content (AvgIpc) is 3.05. The van der Waals surface area contributed by atoms with E-state index in [1.54, 1.807) is 23.5 Å². The summed E-state index contributed by atoms with van der Waals surface area (Å²) in [5.74, 6) is 0.930. The second kappa shape index (κ2) is 9.90. The lowest BCUT2D eigenvalue weighted by Gasteiger charge is -2.30. The van der Waals surface area contributed by atoms with Crippen molar-refractivity contribution in [1.29, 1.82) is 0 Å². The van der Waals surface area contributed by atoms with Crippen LogP contribution in [0.25, 0.3) is 0 Å². The van der Waals surface area contributed by atoms with Crippen molar-refractivity contribution in [2.75, 3.05) is 20.3 Å². The number of aryl methyl sites for hydroxylation is 2. The number of fused-ring (bicyclic) bond motifs is 1. The van der Waals surface area contributed by atoms with E-state index < -0.39 is 12.7 Å². The molecular formula is C24H31ClO5S. The number of halogens is 1. The number of thiophene rings is 1. The van der Waals surface area contributed by atoms with E-state index in [4.69, 9.17) is 26.2 Å². The van der Waals surface area contributed by atoms with E-state index >= 15 is 0 Å². The molecule has 0 amide bonds. The smallest absolute Gasteiger partial charge is 0.179 e. The van der Waals surface area contributed by atoms with Crippen LogP contribution in [0.2, 0.25) is 5.02 Å². The van der Waals surface area contributed by atoms with Crippen LogP contribution in [0.4, 0.5) is 0 Å². The van der Waals surface area contributed by atoms with Crippen molar-refractivity contribution < 1.29 is 24.5 Å². The highest BCUT2D eigenvalue weighted by molar-refractivity contribution is 7.14. The second-order valence-electron chi connectivity index (χ2n) is 8.97. The van der Waals surface area contributed by atoms with Crippen LogP contribution in [0.5, 0.6) is 11.5 Å². The van der Waals surface area contributed by atoms with Gasteiger partial charge < -0.3 is 19.7 Å². The van der Waals surface area contributed by atoms with E-state index in [9.17, 15) is 9.90 Å². The molecule has 1 aliphatic carbocycles. The van der Waals surface area contributed by atoms with E-state index in [0.717, 1.165) is 29.7 Å². The van der Waals surface area contributed by atoms with E-state index in [1.807, 2.05) is 0 Å². The molecule has 0 radical (unpaired) electrons. The predicted octanol–water partition coefficient (Wildman–Crippen LogP) is 4.78. The number of aliphatic hydroxyl groups excluding tert-OH is 2. The normalized spacial score (nSPS) is 16.0. The molecule has 31 heavy (non-hydrogen) atoms. The summed E-state index contributed by atoms with van der Waals surface area (Å²) in [6.45, 7) is 6.22. The summed E-state index contributed by atoms with van der Waals surface area (Å²) in [7, 11) is 1.51. The zero-order valence-corrected chi connectivity index (χ0v) is 20.2. The average molecular weight is 467 g/mol. The number of hydrogen-bond donors (Lipinski definition) is 2. The number of hydrogen-bond acceptors (Lipinski definition) is 6. The standard InChI is InChI=1S/C24H31ClO5S/c1-14-18-11-24(2,3)8-7-17(18)23(31-14)20(28)6-5-15-9-19(25)22(21(10-15)29-4)30-13-16(27)12-26/h9-10,16,26-27H,5-8,11-13H2,1-4H3/t16-/m0/s1. The number of methoxy groups -OCH3 is 1. The minimum absolute atomic E-state index is 0.0932. The molecule has 0 unspecified atom stereocenters. The summed E-state index contributed by atoms with van der Waals surface area (Å²) in [6.07, 6.45) is 3.07. The van der Waals surface area contributed by atoms with Gasteiger partial charge in [-0.3, -0.25) is 4.79 Å². The Morgan fingerprint density at radius 3 is 2.74 bits per heavy atom. The summed E-state index contributed by atoms with van der Waals surface area (Å²) >= 11 is 8.00. The van der Waals surface area contributed by atoms with Gasteiger partial charge in [0.2, 0.25) is 0 Å². The number of Topliss-reactive ketones (excluding diaryl/α,β-unsaturated/α-hetero) is 1. The SMILES string of the molecule is COc1cc(CCC(=O)c2sc(C)c3c2CCC(C)(C)C3)cc(Cl)c1OC[C@@H](O)CO. The fourth-order valence-electron chi connectivity index (χ4n) is 4.04. The summed E-state index contributed by atoms with van der Waals surface area (Å²) in [5, 5.41) is 18.8. The van der Waals surface area contributed by atoms with Crippen molar-refractivity contribution in [3.8, 4) is 11.5 Å². The lowest BCUT2D eigenvalue weighted by atomic mass is 9.74. The van der Waals surface area contributed by atoms with Crippen molar-refractivity contribution in [2.24, 2.45) is 5.41 Å². The molecule has 0 bridgehead atoms. The van der Waals surface area contributed by atoms with Gasteiger partial charge in [0.25, 0.3) is 0 Å². The number of aliphatic hydroxyl groups is 2. The Morgan fingerprint density at radius 2 is 2.06 bits per heavy atom. The zero-order chi connectivity index (χ0) is 22.8. The maximum Gasteiger partial charge on any atom is 0.179 e. The number of ether oxygens (including phenoxy) is 2. The number of carbonyl (C=O) groups is 1. The van der Waals surface area contributed by atoms with Crippen LogP contribution in [-0.4, -0.2) is 42.4 Å². The molecule has 0 fully saturated rings. The van der Waals surface area contributed by atoms with Crippen molar-refractivity contribution in [3.05, 3.63) is 43.6 Å². The second-order valence-corrected chi connectivity index (χ2v) is 10.6. The molecule has 3 rings (SSSR count). The van der Waals surface area contributed by atoms with E-state index in [0.29, 0.717) is 34.8 Å². The highest BCUT2D eigenvalue weighted by atomic mass is 35.5. The van der Waals surface area contributed by atoms with Crippen LogP contribution in [0, 0.1) is 12.3 Å². The number of carbonyl (C=O) groups excluding carboxylic acids is 1. The van der Waals surface area contributed by atoms with Gasteiger partial charge in [0.15, 0.2) is 17.3 Å². The largest absolute Gasteiger partial charge is 0.493 e. The van der Waals surface area contributed by atoms with Crippen molar-refractivity contribution in [3.63, 3.8) is 0 Å². The monoisotopic (exact) mass is 466 g/mol. The molecule has 1 aromatic carbocycles. The number of benzene rings is 1. The topological polar surface area (TPSA) is 76.0 Å². The van der Waals surface area contributed by atoms with Crippen LogP contribution >= 0.6 is 22.9 Å². The first-order valence-corrected chi connectivity index (χ1v) is 11.8. The molecule has 1 atom stereocenters. The maximum absolute atomic E-state index is 13.1. The molecule has 2 N–H and O–H groups in total. The van der Waals surface area contributed by atoms with Gasteiger partial charge in [-0.15, -0.1) is 11.3 Å². The number of rotatable bonds is 9. The molecule has 1 aromatic heterocycles. The molecular weight excluding hydrogens is 436 g/mol. The van der Waals surface area contributed by atoms with Crippen LogP contribution < -0.4 is 9.47 Å². The molecule has 1 heterocycles. The first-order chi connectivity index (χ1) is 14.6. The van der Waals surface area contributed by atoms with Gasteiger partial charge in [-0.25, -0.2) is 0 Å². The van der Waals surface area contributed by atoms with E-state index in [1.165, 1.54) is 23.1 Å². The third-order valence-electron chi connectivity index (χ3n) is 5.84. The summed E-state index contributed by atoms with van der Waals surface area (Å²) in [5.41, 5.74) is 3.81. The summed E-state index contributed by atoms with van der Waals surface area (Å²) in [4.78, 5) is 15.2. The predicted molar refractivity (Wildman–Crippen MR) is 124 cm³/mol. The van der Waals surface area contributed by atoms with Gasteiger partial charge in [0.1, 0.15) is 12.7 Å². The molecule has 7 heteroatoms. The maximum atomic E-state index is 13.1. The molecule has 0 spiro atoms. The number of ketones is 1. The van der Waals surface area contributed by atoms with E-state index in [-0.39, 0.29) is 12.4 Å². The van der Waals surface area contributed by atoms with Crippen molar-refractivity contribution in [2.45, 2.75) is 59.0 Å². The van der Waals surface area contributed by atoms with Gasteiger partial charge in [0, 0.05) is 11.3 Å².